The summed E-state index contributed by atoms with van der Waals surface area (Å²) in [6, 6.07) is 22.6. The lowest BCUT2D eigenvalue weighted by atomic mass is 9.87. The molecule has 1 heterocycles. The molecule has 0 saturated carbocycles. The molecule has 1 amide bonds. The fourth-order valence-corrected chi connectivity index (χ4v) is 3.88. The van der Waals surface area contributed by atoms with E-state index in [0.717, 1.165) is 5.56 Å². The number of hydrogen-bond acceptors (Lipinski definition) is 3. The number of fused-ring (bicyclic) bond motifs is 1. The van der Waals surface area contributed by atoms with Gasteiger partial charge in [-0.15, -0.1) is 0 Å². The van der Waals surface area contributed by atoms with Gasteiger partial charge in [0, 0.05) is 5.69 Å². The van der Waals surface area contributed by atoms with Crippen molar-refractivity contribution in [2.24, 2.45) is 0 Å². The Hall–Kier alpha value is -3.73. The maximum Gasteiger partial charge on any atom is 0.292 e. The highest BCUT2D eigenvalue weighted by Crippen LogP contribution is 2.25. The Morgan fingerprint density at radius 2 is 1.29 bits per heavy atom. The third-order valence-electron chi connectivity index (χ3n) is 5.98. The minimum Gasteiger partial charge on any atom is -0.319 e. The molecule has 0 saturated heterocycles. The maximum absolute atomic E-state index is 13.5. The summed E-state index contributed by atoms with van der Waals surface area (Å²) >= 11 is 0. The number of amides is 1. The minimum absolute atomic E-state index is 0.0160. The summed E-state index contributed by atoms with van der Waals surface area (Å²) < 4.78 is 1.40. The van der Waals surface area contributed by atoms with Crippen LogP contribution in [0.4, 0.5) is 5.69 Å². The zero-order chi connectivity index (χ0) is 24.7. The van der Waals surface area contributed by atoms with E-state index in [0.29, 0.717) is 22.3 Å². The van der Waals surface area contributed by atoms with E-state index in [2.05, 4.69) is 51.8 Å². The van der Waals surface area contributed by atoms with Crippen LogP contribution in [0, 0.1) is 0 Å². The van der Waals surface area contributed by atoms with Gasteiger partial charge in [0.2, 0.25) is 5.82 Å². The molecule has 4 aromatic rings. The van der Waals surface area contributed by atoms with Crippen LogP contribution in [-0.4, -0.2) is 15.5 Å². The maximum atomic E-state index is 13.5. The van der Waals surface area contributed by atoms with E-state index >= 15 is 0 Å². The van der Waals surface area contributed by atoms with Gasteiger partial charge >= 0.3 is 0 Å². The predicted octanol–water partition coefficient (Wildman–Crippen LogP) is 6.23. The summed E-state index contributed by atoms with van der Waals surface area (Å²) in [6.07, 6.45) is 0. The summed E-state index contributed by atoms with van der Waals surface area (Å²) in [5, 5.41) is 3.38. The highest BCUT2D eigenvalue weighted by molar-refractivity contribution is 6.03. The predicted molar refractivity (Wildman–Crippen MR) is 139 cm³/mol. The molecule has 0 fully saturated rings. The molecule has 4 rings (SSSR count). The molecule has 5 heteroatoms. The lowest BCUT2D eigenvalue weighted by Crippen LogP contribution is -2.29. The van der Waals surface area contributed by atoms with E-state index in [-0.39, 0.29) is 22.2 Å². The van der Waals surface area contributed by atoms with Crippen LogP contribution in [0.1, 0.15) is 63.3 Å². The first-order chi connectivity index (χ1) is 15.9. The number of nitrogens with one attached hydrogen (secondary N) is 1. The summed E-state index contributed by atoms with van der Waals surface area (Å²) in [7, 11) is 0. The number of aromatic nitrogens is 2. The number of nitrogens with zero attached hydrogens (tertiary/aromatic N) is 2. The second kappa shape index (κ2) is 8.56. The average Bonchev–Trinajstić information content (AvgIpc) is 2.78. The largest absolute Gasteiger partial charge is 0.319 e. The van der Waals surface area contributed by atoms with Crippen LogP contribution < -0.4 is 10.9 Å². The molecular formula is C29H31N3O2. The number of carbonyl (C=O) groups excluding carboxylic acids is 1. The van der Waals surface area contributed by atoms with E-state index in [9.17, 15) is 9.59 Å². The first kappa shape index (κ1) is 23.4. The van der Waals surface area contributed by atoms with E-state index in [1.165, 1.54) is 10.1 Å². The van der Waals surface area contributed by atoms with Gasteiger partial charge in [0.05, 0.1) is 16.6 Å². The number of hydrogen-bond donors (Lipinski definition) is 1. The van der Waals surface area contributed by atoms with Crippen molar-refractivity contribution in [1.82, 2.24) is 9.55 Å². The minimum atomic E-state index is -0.439. The zero-order valence-corrected chi connectivity index (χ0v) is 20.6. The fourth-order valence-electron chi connectivity index (χ4n) is 3.88. The number of carbonyl (C=O) groups is 1. The Morgan fingerprint density at radius 1 is 0.765 bits per heavy atom. The molecule has 0 spiro atoms. The van der Waals surface area contributed by atoms with Gasteiger partial charge in [0.15, 0.2) is 0 Å². The molecule has 0 aliphatic heterocycles. The van der Waals surface area contributed by atoms with Gasteiger partial charge in [-0.25, -0.2) is 4.98 Å². The second-order valence-electron chi connectivity index (χ2n) is 10.7. The molecule has 0 aliphatic carbocycles. The van der Waals surface area contributed by atoms with Crippen LogP contribution in [0.2, 0.25) is 0 Å². The summed E-state index contributed by atoms with van der Waals surface area (Å²) in [4.78, 5) is 31.5. The monoisotopic (exact) mass is 453 g/mol. The second-order valence-corrected chi connectivity index (χ2v) is 10.7. The molecule has 0 aliphatic rings. The fraction of sp³-hybridized carbons (Fsp3) is 0.276. The normalized spacial score (nSPS) is 12.1. The van der Waals surface area contributed by atoms with Gasteiger partial charge in [-0.3, -0.25) is 14.2 Å². The van der Waals surface area contributed by atoms with Gasteiger partial charge in [0.1, 0.15) is 0 Å². The Labute approximate surface area is 200 Å². The quantitative estimate of drug-likeness (QED) is 0.400. The van der Waals surface area contributed by atoms with Crippen LogP contribution in [-0.2, 0) is 10.8 Å². The smallest absolute Gasteiger partial charge is 0.292 e. The number of anilines is 1. The van der Waals surface area contributed by atoms with Crippen molar-refractivity contribution >= 4 is 22.5 Å². The molecule has 34 heavy (non-hydrogen) atoms. The van der Waals surface area contributed by atoms with E-state index in [1.807, 2.05) is 54.6 Å². The lowest BCUT2D eigenvalue weighted by molar-refractivity contribution is 0.101. The van der Waals surface area contributed by atoms with Crippen molar-refractivity contribution in [2.75, 3.05) is 5.32 Å². The Morgan fingerprint density at radius 3 is 1.85 bits per heavy atom. The first-order valence-corrected chi connectivity index (χ1v) is 11.5. The molecule has 1 aromatic heterocycles. The molecule has 3 aromatic carbocycles. The molecule has 0 bridgehead atoms. The summed E-state index contributed by atoms with van der Waals surface area (Å²) in [5.74, 6) is -0.390. The van der Waals surface area contributed by atoms with E-state index < -0.39 is 5.91 Å². The molecule has 0 atom stereocenters. The highest BCUT2D eigenvalue weighted by atomic mass is 16.2. The SMILES string of the molecule is CC(C)(C)c1ccc(NC(=O)c2nc3ccccc3c(=O)n2-c2ccc(C(C)(C)C)cc2)cc1. The van der Waals surface area contributed by atoms with Crippen molar-refractivity contribution in [3.05, 3.63) is 100 Å². The zero-order valence-electron chi connectivity index (χ0n) is 20.6. The van der Waals surface area contributed by atoms with Gasteiger partial charge in [-0.1, -0.05) is 77.9 Å². The standard InChI is InChI=1S/C29H31N3O2/c1-28(2,3)19-11-15-21(16-12-19)30-26(33)25-31-24-10-8-7-9-23(24)27(34)32(25)22-17-13-20(14-18-22)29(4,5)6/h7-18H,1-6H3,(H,30,33). The third-order valence-corrected chi connectivity index (χ3v) is 5.98. The molecule has 5 nitrogen and oxygen atoms in total. The summed E-state index contributed by atoms with van der Waals surface area (Å²) in [5.41, 5.74) is 3.77. The molecule has 174 valence electrons. The Bertz CT molecular complexity index is 1400. The topological polar surface area (TPSA) is 64.0 Å². The van der Waals surface area contributed by atoms with Crippen LogP contribution in [0.15, 0.2) is 77.6 Å². The van der Waals surface area contributed by atoms with Gasteiger partial charge in [-0.05, 0) is 58.4 Å². The van der Waals surface area contributed by atoms with Crippen LogP contribution >= 0.6 is 0 Å². The Kier molecular flexibility index (Phi) is 5.90. The number of para-hydroxylation sites is 1. The van der Waals surface area contributed by atoms with Crippen molar-refractivity contribution in [3.63, 3.8) is 0 Å². The average molecular weight is 454 g/mol. The van der Waals surface area contributed by atoms with Gasteiger partial charge in [0.25, 0.3) is 11.5 Å². The van der Waals surface area contributed by atoms with Crippen LogP contribution in [0.5, 0.6) is 0 Å². The summed E-state index contributed by atoms with van der Waals surface area (Å²) in [6.45, 7) is 12.8. The van der Waals surface area contributed by atoms with E-state index in [1.54, 1.807) is 18.2 Å². The van der Waals surface area contributed by atoms with Gasteiger partial charge in [-0.2, -0.15) is 0 Å². The number of benzene rings is 3. The highest BCUT2D eigenvalue weighted by Gasteiger charge is 2.21. The van der Waals surface area contributed by atoms with Crippen molar-refractivity contribution < 1.29 is 4.79 Å². The lowest BCUT2D eigenvalue weighted by Gasteiger charge is -2.20. The van der Waals surface area contributed by atoms with Crippen molar-refractivity contribution in [2.45, 2.75) is 52.4 Å². The molecule has 0 radical (unpaired) electrons. The third kappa shape index (κ3) is 4.65. The molecular weight excluding hydrogens is 422 g/mol. The van der Waals surface area contributed by atoms with Crippen molar-refractivity contribution in [1.29, 1.82) is 0 Å². The first-order valence-electron chi connectivity index (χ1n) is 11.5. The van der Waals surface area contributed by atoms with Crippen LogP contribution in [0.3, 0.4) is 0 Å². The molecule has 0 unspecified atom stereocenters. The van der Waals surface area contributed by atoms with E-state index in [4.69, 9.17) is 0 Å². The number of rotatable bonds is 3. The Balaban J connectivity index is 1.80. The van der Waals surface area contributed by atoms with Crippen LogP contribution in [0.25, 0.3) is 16.6 Å². The van der Waals surface area contributed by atoms with Gasteiger partial charge < -0.3 is 5.32 Å². The molecule has 1 N–H and O–H groups in total. The van der Waals surface area contributed by atoms with Crippen molar-refractivity contribution in [3.8, 4) is 5.69 Å².